The Morgan fingerprint density at radius 2 is 1.97 bits per heavy atom. The maximum atomic E-state index is 12.8. The average molecular weight is 387 g/mol. The van der Waals surface area contributed by atoms with Gasteiger partial charge < -0.3 is 10.2 Å². The van der Waals surface area contributed by atoms with E-state index in [-0.39, 0.29) is 11.8 Å². The van der Waals surface area contributed by atoms with E-state index in [1.54, 1.807) is 6.20 Å². The number of aryl methyl sites for hydroxylation is 1. The van der Waals surface area contributed by atoms with Crippen molar-refractivity contribution in [1.29, 1.82) is 0 Å². The summed E-state index contributed by atoms with van der Waals surface area (Å²) in [5.74, 6) is 1.50. The van der Waals surface area contributed by atoms with Gasteiger partial charge in [0.15, 0.2) is 5.82 Å². The van der Waals surface area contributed by atoms with E-state index in [1.165, 1.54) is 0 Å². The Labute approximate surface area is 171 Å². The lowest BCUT2D eigenvalue weighted by molar-refractivity contribution is -0.120. The van der Waals surface area contributed by atoms with Crippen molar-refractivity contribution < 1.29 is 4.79 Å². The molecule has 1 saturated heterocycles. The molecule has 3 aromatic rings. The van der Waals surface area contributed by atoms with Crippen molar-refractivity contribution in [3.8, 4) is 11.5 Å². The number of carbonyl (C=O) groups excluding carboxylic acids is 1. The Morgan fingerprint density at radius 3 is 2.72 bits per heavy atom. The van der Waals surface area contributed by atoms with E-state index >= 15 is 0 Å². The monoisotopic (exact) mass is 387 g/mol. The molecular weight excluding hydrogens is 362 g/mol. The number of carbonyl (C=O) groups is 1. The van der Waals surface area contributed by atoms with E-state index in [0.29, 0.717) is 12.4 Å². The molecule has 1 aliphatic heterocycles. The van der Waals surface area contributed by atoms with E-state index in [1.807, 2.05) is 54.6 Å². The van der Waals surface area contributed by atoms with Crippen molar-refractivity contribution in [3.63, 3.8) is 0 Å². The van der Waals surface area contributed by atoms with Gasteiger partial charge >= 0.3 is 0 Å². The minimum Gasteiger partial charge on any atom is -0.356 e. The highest BCUT2D eigenvalue weighted by molar-refractivity contribution is 5.93. The lowest BCUT2D eigenvalue weighted by atomic mass is 9.97. The fraction of sp³-hybridized carbons (Fsp3) is 0.304. The number of piperidine rings is 1. The van der Waals surface area contributed by atoms with Crippen molar-refractivity contribution in [2.75, 3.05) is 23.3 Å². The van der Waals surface area contributed by atoms with Crippen molar-refractivity contribution in [3.05, 3.63) is 66.5 Å². The first kappa shape index (κ1) is 19.1. The molecule has 3 heterocycles. The van der Waals surface area contributed by atoms with Gasteiger partial charge in [-0.2, -0.15) is 0 Å². The highest BCUT2D eigenvalue weighted by atomic mass is 16.1. The highest BCUT2D eigenvalue weighted by Gasteiger charge is 2.27. The number of para-hydroxylation sites is 1. The summed E-state index contributed by atoms with van der Waals surface area (Å²) >= 11 is 0. The topological polar surface area (TPSA) is 71.0 Å². The Bertz CT molecular complexity index is 962. The molecule has 0 radical (unpaired) electrons. The van der Waals surface area contributed by atoms with Gasteiger partial charge in [-0.3, -0.25) is 9.78 Å². The van der Waals surface area contributed by atoms with E-state index < -0.39 is 0 Å². The number of rotatable bonds is 5. The van der Waals surface area contributed by atoms with Gasteiger partial charge in [-0.1, -0.05) is 31.2 Å². The molecule has 0 saturated carbocycles. The van der Waals surface area contributed by atoms with Gasteiger partial charge in [-0.15, -0.1) is 0 Å². The van der Waals surface area contributed by atoms with Crippen LogP contribution < -0.4 is 10.2 Å². The zero-order valence-corrected chi connectivity index (χ0v) is 16.6. The minimum atomic E-state index is -0.0673. The Kier molecular flexibility index (Phi) is 5.79. The summed E-state index contributed by atoms with van der Waals surface area (Å²) in [7, 11) is 0. The van der Waals surface area contributed by atoms with Crippen LogP contribution in [-0.2, 0) is 11.2 Å². The molecule has 6 nitrogen and oxygen atoms in total. The predicted octanol–water partition coefficient (Wildman–Crippen LogP) is 3.96. The first-order valence-electron chi connectivity index (χ1n) is 10.1. The number of benzene rings is 1. The van der Waals surface area contributed by atoms with Gasteiger partial charge in [-0.25, -0.2) is 9.97 Å². The number of anilines is 2. The fourth-order valence-corrected chi connectivity index (χ4v) is 3.60. The zero-order chi connectivity index (χ0) is 20.1. The Morgan fingerprint density at radius 1 is 1.14 bits per heavy atom. The summed E-state index contributed by atoms with van der Waals surface area (Å²) in [4.78, 5) is 28.8. The maximum Gasteiger partial charge on any atom is 0.229 e. The third-order valence-corrected chi connectivity index (χ3v) is 5.18. The van der Waals surface area contributed by atoms with Crippen LogP contribution in [-0.4, -0.2) is 33.9 Å². The number of hydrogen-bond donors (Lipinski definition) is 1. The van der Waals surface area contributed by atoms with Crippen LogP contribution in [0.1, 0.15) is 25.5 Å². The average Bonchev–Trinajstić information content (AvgIpc) is 2.80. The van der Waals surface area contributed by atoms with E-state index in [9.17, 15) is 4.79 Å². The molecule has 6 heteroatoms. The van der Waals surface area contributed by atoms with Gasteiger partial charge in [0.05, 0.1) is 5.92 Å². The van der Waals surface area contributed by atoms with Crippen LogP contribution in [0.3, 0.4) is 0 Å². The van der Waals surface area contributed by atoms with Crippen molar-refractivity contribution in [1.82, 2.24) is 15.0 Å². The maximum absolute atomic E-state index is 12.8. The number of pyridine rings is 1. The smallest absolute Gasteiger partial charge is 0.229 e. The second-order valence-corrected chi connectivity index (χ2v) is 7.25. The molecule has 1 aliphatic rings. The Balaban J connectivity index is 1.54. The number of amides is 1. The van der Waals surface area contributed by atoms with E-state index in [4.69, 9.17) is 4.98 Å². The quantitative estimate of drug-likeness (QED) is 0.718. The number of hydrogen-bond acceptors (Lipinski definition) is 5. The van der Waals surface area contributed by atoms with Crippen LogP contribution in [0.4, 0.5) is 11.5 Å². The summed E-state index contributed by atoms with van der Waals surface area (Å²) in [6.45, 7) is 3.62. The SMILES string of the molecule is CCc1cc(N2CCCC(C(=O)Nc3ccccc3)C2)nc(-c2ccccn2)n1. The summed E-state index contributed by atoms with van der Waals surface area (Å²) in [5, 5.41) is 3.04. The normalized spacial score (nSPS) is 16.4. The summed E-state index contributed by atoms with van der Waals surface area (Å²) in [5.41, 5.74) is 2.58. The molecule has 1 aromatic carbocycles. The molecule has 0 spiro atoms. The Hall–Kier alpha value is -3.28. The van der Waals surface area contributed by atoms with Gasteiger partial charge in [0.2, 0.25) is 5.91 Å². The zero-order valence-electron chi connectivity index (χ0n) is 16.6. The molecule has 1 atom stereocenters. The molecule has 0 aliphatic carbocycles. The predicted molar refractivity (Wildman–Crippen MR) is 115 cm³/mol. The molecule has 1 fully saturated rings. The van der Waals surface area contributed by atoms with Crippen LogP contribution >= 0.6 is 0 Å². The van der Waals surface area contributed by atoms with Crippen LogP contribution in [0, 0.1) is 5.92 Å². The van der Waals surface area contributed by atoms with Gasteiger partial charge in [-0.05, 0) is 43.5 Å². The second-order valence-electron chi connectivity index (χ2n) is 7.25. The third-order valence-electron chi connectivity index (χ3n) is 5.18. The van der Waals surface area contributed by atoms with Crippen LogP contribution in [0.5, 0.6) is 0 Å². The summed E-state index contributed by atoms with van der Waals surface area (Å²) in [6, 6.07) is 17.4. The van der Waals surface area contributed by atoms with Crippen molar-refractivity contribution >= 4 is 17.4 Å². The molecular formula is C23H25N5O. The van der Waals surface area contributed by atoms with Gasteiger partial charge in [0, 0.05) is 36.7 Å². The third kappa shape index (κ3) is 4.59. The first-order valence-corrected chi connectivity index (χ1v) is 10.1. The first-order chi connectivity index (χ1) is 14.2. The fourth-order valence-electron chi connectivity index (χ4n) is 3.60. The lowest BCUT2D eigenvalue weighted by Crippen LogP contribution is -2.41. The number of nitrogens with one attached hydrogen (secondary N) is 1. The standard InChI is InChI=1S/C23H25N5O/c1-2-18-15-21(27-22(25-18)20-12-6-7-13-24-20)28-14-8-9-17(16-28)23(29)26-19-10-4-3-5-11-19/h3-7,10-13,15,17H,2,8-9,14,16H2,1H3,(H,26,29). The molecule has 1 amide bonds. The van der Waals surface area contributed by atoms with E-state index in [2.05, 4.69) is 27.1 Å². The summed E-state index contributed by atoms with van der Waals surface area (Å²) < 4.78 is 0. The molecule has 4 rings (SSSR count). The van der Waals surface area contributed by atoms with Crippen molar-refractivity contribution in [2.45, 2.75) is 26.2 Å². The largest absolute Gasteiger partial charge is 0.356 e. The number of nitrogens with zero attached hydrogens (tertiary/aromatic N) is 4. The molecule has 29 heavy (non-hydrogen) atoms. The lowest BCUT2D eigenvalue weighted by Gasteiger charge is -2.33. The van der Waals surface area contributed by atoms with Gasteiger partial charge in [0.25, 0.3) is 0 Å². The number of aromatic nitrogens is 3. The molecule has 1 unspecified atom stereocenters. The second kappa shape index (κ2) is 8.82. The van der Waals surface area contributed by atoms with Crippen molar-refractivity contribution in [2.24, 2.45) is 5.92 Å². The molecule has 2 aromatic heterocycles. The van der Waals surface area contributed by atoms with Crippen LogP contribution in [0.15, 0.2) is 60.8 Å². The van der Waals surface area contributed by atoms with Gasteiger partial charge in [0.1, 0.15) is 11.5 Å². The summed E-state index contributed by atoms with van der Waals surface area (Å²) in [6.07, 6.45) is 4.41. The van der Waals surface area contributed by atoms with Crippen LogP contribution in [0.2, 0.25) is 0 Å². The molecule has 1 N–H and O–H groups in total. The highest BCUT2D eigenvalue weighted by Crippen LogP contribution is 2.25. The van der Waals surface area contributed by atoms with Crippen LogP contribution in [0.25, 0.3) is 11.5 Å². The minimum absolute atomic E-state index is 0.0654. The van der Waals surface area contributed by atoms with E-state index in [0.717, 1.165) is 48.7 Å². The molecule has 0 bridgehead atoms. The molecule has 148 valence electrons.